The van der Waals surface area contributed by atoms with E-state index in [9.17, 15) is 14.4 Å². The van der Waals surface area contributed by atoms with Gasteiger partial charge in [0, 0.05) is 18.6 Å². The number of benzene rings is 1. The lowest BCUT2D eigenvalue weighted by atomic mass is 10.1. The second-order valence-corrected chi connectivity index (χ2v) is 6.51. The summed E-state index contributed by atoms with van der Waals surface area (Å²) in [6, 6.07) is 2.99. The van der Waals surface area contributed by atoms with Gasteiger partial charge in [-0.25, -0.2) is 0 Å². The van der Waals surface area contributed by atoms with E-state index < -0.39 is 18.5 Å². The summed E-state index contributed by atoms with van der Waals surface area (Å²) < 4.78 is 15.1. The molecular formula is C18H25ClN2O6. The Morgan fingerprint density at radius 2 is 1.74 bits per heavy atom. The lowest BCUT2D eigenvalue weighted by molar-refractivity contribution is -0.147. The molecule has 0 aliphatic carbocycles. The van der Waals surface area contributed by atoms with Crippen molar-refractivity contribution in [3.8, 4) is 11.5 Å². The smallest absolute Gasteiger partial charge is 0.325 e. The van der Waals surface area contributed by atoms with Gasteiger partial charge in [-0.05, 0) is 12.3 Å². The first-order chi connectivity index (χ1) is 12.8. The zero-order valence-corrected chi connectivity index (χ0v) is 16.6. The van der Waals surface area contributed by atoms with Crippen molar-refractivity contribution in [3.05, 3.63) is 17.2 Å². The molecule has 1 aromatic rings. The highest BCUT2D eigenvalue weighted by Crippen LogP contribution is 2.35. The fraction of sp³-hybridized carbons (Fsp3) is 0.500. The van der Waals surface area contributed by atoms with E-state index >= 15 is 0 Å². The average Bonchev–Trinajstić information content (AvgIpc) is 2.63. The minimum absolute atomic E-state index is 0.233. The number of anilines is 1. The number of rotatable bonds is 10. The molecule has 150 valence electrons. The molecule has 0 heterocycles. The van der Waals surface area contributed by atoms with E-state index in [0.29, 0.717) is 34.5 Å². The fourth-order valence-electron chi connectivity index (χ4n) is 2.02. The van der Waals surface area contributed by atoms with Crippen molar-refractivity contribution < 1.29 is 28.6 Å². The molecule has 2 amide bonds. The van der Waals surface area contributed by atoms with Crippen LogP contribution in [0.5, 0.6) is 11.5 Å². The van der Waals surface area contributed by atoms with Crippen molar-refractivity contribution in [2.24, 2.45) is 5.92 Å². The predicted molar refractivity (Wildman–Crippen MR) is 101 cm³/mol. The van der Waals surface area contributed by atoms with Gasteiger partial charge in [-0.2, -0.15) is 0 Å². The number of nitrogens with one attached hydrogen (secondary N) is 2. The molecule has 0 saturated carbocycles. The molecule has 0 aliphatic rings. The summed E-state index contributed by atoms with van der Waals surface area (Å²) in [4.78, 5) is 35.2. The molecular weight excluding hydrogens is 376 g/mol. The van der Waals surface area contributed by atoms with Crippen molar-refractivity contribution in [3.63, 3.8) is 0 Å². The van der Waals surface area contributed by atoms with Crippen LogP contribution in [0.25, 0.3) is 0 Å². The van der Waals surface area contributed by atoms with Gasteiger partial charge >= 0.3 is 5.97 Å². The van der Waals surface area contributed by atoms with Crippen molar-refractivity contribution in [2.75, 3.05) is 32.7 Å². The minimum Gasteiger partial charge on any atom is -0.495 e. The lowest BCUT2D eigenvalue weighted by Crippen LogP contribution is -2.32. The first kappa shape index (κ1) is 22.6. The highest BCUT2D eigenvalue weighted by atomic mass is 35.5. The van der Waals surface area contributed by atoms with E-state index in [1.807, 2.05) is 13.8 Å². The normalized spacial score (nSPS) is 10.3. The number of amides is 2. The van der Waals surface area contributed by atoms with Gasteiger partial charge in [0.2, 0.25) is 5.91 Å². The van der Waals surface area contributed by atoms with Gasteiger partial charge in [0.05, 0.1) is 24.9 Å². The third kappa shape index (κ3) is 8.17. The van der Waals surface area contributed by atoms with Crippen LogP contribution in [-0.4, -0.2) is 45.2 Å². The van der Waals surface area contributed by atoms with Crippen LogP contribution >= 0.6 is 11.6 Å². The fourth-order valence-corrected chi connectivity index (χ4v) is 2.25. The molecule has 0 fully saturated rings. The topological polar surface area (TPSA) is 103 Å². The highest BCUT2D eigenvalue weighted by molar-refractivity contribution is 6.32. The van der Waals surface area contributed by atoms with Crippen LogP contribution in [0.3, 0.4) is 0 Å². The van der Waals surface area contributed by atoms with E-state index in [4.69, 9.17) is 25.8 Å². The molecule has 0 aliphatic heterocycles. The Bertz CT molecular complexity index is 678. The van der Waals surface area contributed by atoms with E-state index in [1.165, 1.54) is 26.4 Å². The minimum atomic E-state index is -0.705. The van der Waals surface area contributed by atoms with Crippen LogP contribution in [0.4, 0.5) is 5.69 Å². The van der Waals surface area contributed by atoms with Crippen molar-refractivity contribution >= 4 is 35.1 Å². The van der Waals surface area contributed by atoms with Crippen LogP contribution in [0.1, 0.15) is 26.7 Å². The van der Waals surface area contributed by atoms with Crippen LogP contribution in [-0.2, 0) is 19.1 Å². The van der Waals surface area contributed by atoms with Gasteiger partial charge in [-0.15, -0.1) is 0 Å². The Kier molecular flexibility index (Phi) is 9.42. The quantitative estimate of drug-likeness (QED) is 0.584. The average molecular weight is 401 g/mol. The molecule has 9 heteroatoms. The number of carbonyl (C=O) groups is 3. The zero-order chi connectivity index (χ0) is 20.4. The van der Waals surface area contributed by atoms with Gasteiger partial charge in [0.1, 0.15) is 18.0 Å². The van der Waals surface area contributed by atoms with E-state index in [1.54, 1.807) is 0 Å². The van der Waals surface area contributed by atoms with Gasteiger partial charge in [-0.3, -0.25) is 14.4 Å². The molecule has 0 aromatic heterocycles. The largest absolute Gasteiger partial charge is 0.495 e. The van der Waals surface area contributed by atoms with Crippen molar-refractivity contribution in [1.29, 1.82) is 0 Å². The summed E-state index contributed by atoms with van der Waals surface area (Å²) >= 11 is 6.00. The molecule has 2 N–H and O–H groups in total. The zero-order valence-electron chi connectivity index (χ0n) is 15.9. The van der Waals surface area contributed by atoms with Crippen LogP contribution in [0.2, 0.25) is 5.02 Å². The molecule has 27 heavy (non-hydrogen) atoms. The summed E-state index contributed by atoms with van der Waals surface area (Å²) in [6.07, 6.45) is 1.07. The van der Waals surface area contributed by atoms with Gasteiger partial charge in [-0.1, -0.05) is 25.4 Å². The standard InChI is InChI=1S/C18H25ClN2O6/c1-11(2)5-6-16(22)20-9-18(24)27-10-17(23)21-13-8-14(25-3)12(19)7-15(13)26-4/h7-8,11H,5-6,9-10H2,1-4H3,(H,20,22)(H,21,23). The number of hydrogen-bond donors (Lipinski definition) is 2. The van der Waals surface area contributed by atoms with Crippen molar-refractivity contribution in [1.82, 2.24) is 5.32 Å². The van der Waals surface area contributed by atoms with E-state index in [0.717, 1.165) is 6.42 Å². The number of methoxy groups -OCH3 is 2. The Balaban J connectivity index is 2.47. The number of halogens is 1. The number of carbonyl (C=O) groups excluding carboxylic acids is 3. The summed E-state index contributed by atoms with van der Waals surface area (Å²) in [5.74, 6) is -0.425. The summed E-state index contributed by atoms with van der Waals surface area (Å²) in [5, 5.41) is 5.33. The third-order valence-electron chi connectivity index (χ3n) is 3.49. The molecule has 0 spiro atoms. The molecule has 0 atom stereocenters. The number of hydrogen-bond acceptors (Lipinski definition) is 6. The van der Waals surface area contributed by atoms with Gasteiger partial charge < -0.3 is 24.8 Å². The van der Waals surface area contributed by atoms with Gasteiger partial charge in [0.15, 0.2) is 6.61 Å². The first-order valence-corrected chi connectivity index (χ1v) is 8.78. The Morgan fingerprint density at radius 1 is 1.07 bits per heavy atom. The molecule has 0 radical (unpaired) electrons. The van der Waals surface area contributed by atoms with Crippen LogP contribution in [0, 0.1) is 5.92 Å². The molecule has 0 saturated heterocycles. The van der Waals surface area contributed by atoms with Crippen molar-refractivity contribution in [2.45, 2.75) is 26.7 Å². The second-order valence-electron chi connectivity index (χ2n) is 6.11. The first-order valence-electron chi connectivity index (χ1n) is 8.40. The monoisotopic (exact) mass is 400 g/mol. The Morgan fingerprint density at radius 3 is 2.33 bits per heavy atom. The molecule has 0 unspecified atom stereocenters. The molecule has 1 aromatic carbocycles. The third-order valence-corrected chi connectivity index (χ3v) is 3.79. The van der Waals surface area contributed by atoms with Gasteiger partial charge in [0.25, 0.3) is 5.91 Å². The van der Waals surface area contributed by atoms with E-state index in [2.05, 4.69) is 10.6 Å². The number of ether oxygens (including phenoxy) is 3. The molecule has 1 rings (SSSR count). The maximum Gasteiger partial charge on any atom is 0.325 e. The second kappa shape index (κ2) is 11.3. The highest BCUT2D eigenvalue weighted by Gasteiger charge is 2.14. The lowest BCUT2D eigenvalue weighted by Gasteiger charge is -2.13. The Hall–Kier alpha value is -2.48. The predicted octanol–water partition coefficient (Wildman–Crippen LogP) is 2.39. The van der Waals surface area contributed by atoms with E-state index in [-0.39, 0.29) is 12.5 Å². The Labute approximate surface area is 163 Å². The SMILES string of the molecule is COc1cc(NC(=O)COC(=O)CNC(=O)CCC(C)C)c(OC)cc1Cl. The maximum atomic E-state index is 12.0. The molecule has 0 bridgehead atoms. The maximum absolute atomic E-state index is 12.0. The molecule has 8 nitrogen and oxygen atoms in total. The van der Waals surface area contributed by atoms with Crippen LogP contribution < -0.4 is 20.1 Å². The summed E-state index contributed by atoms with van der Waals surface area (Å²) in [6.45, 7) is 3.22. The summed E-state index contributed by atoms with van der Waals surface area (Å²) in [7, 11) is 2.87. The van der Waals surface area contributed by atoms with Crippen LogP contribution in [0.15, 0.2) is 12.1 Å². The number of esters is 1. The summed E-state index contributed by atoms with van der Waals surface area (Å²) in [5.41, 5.74) is 0.321.